The van der Waals surface area contributed by atoms with Crippen LogP contribution in [-0.4, -0.2) is 23.8 Å². The third-order valence-corrected chi connectivity index (χ3v) is 3.05. The number of nitrogens with one attached hydrogen (secondary N) is 1. The summed E-state index contributed by atoms with van der Waals surface area (Å²) in [6.45, 7) is 4.77. The van der Waals surface area contributed by atoms with Crippen molar-refractivity contribution in [2.45, 2.75) is 37.6 Å². The van der Waals surface area contributed by atoms with Gasteiger partial charge < -0.3 is 10.4 Å². The van der Waals surface area contributed by atoms with E-state index >= 15 is 0 Å². The fourth-order valence-electron chi connectivity index (χ4n) is 1.90. The van der Waals surface area contributed by atoms with Gasteiger partial charge in [-0.15, -0.1) is 0 Å². The highest BCUT2D eigenvalue weighted by atomic mass is 79.9. The molecule has 0 aliphatic heterocycles. The van der Waals surface area contributed by atoms with Crippen LogP contribution in [0.25, 0.3) is 0 Å². The van der Waals surface area contributed by atoms with Crippen molar-refractivity contribution < 1.29 is 5.11 Å². The van der Waals surface area contributed by atoms with Crippen LogP contribution in [-0.2, 0) is 0 Å². The Morgan fingerprint density at radius 3 is 2.46 bits per heavy atom. The average Bonchev–Trinajstić information content (AvgIpc) is 2.16. The highest BCUT2D eigenvalue weighted by molar-refractivity contribution is 9.11. The van der Waals surface area contributed by atoms with Crippen LogP contribution >= 0.6 is 15.9 Å². The fourth-order valence-corrected chi connectivity index (χ4v) is 2.04. The molecule has 0 bridgehead atoms. The Hall–Kier alpha value is 0.140. The molecule has 0 aromatic carbocycles. The molecule has 1 aliphatic carbocycles. The Morgan fingerprint density at radius 1 is 1.38 bits per heavy atom. The zero-order valence-electron chi connectivity index (χ0n) is 7.98. The Morgan fingerprint density at radius 2 is 2.00 bits per heavy atom. The molecule has 2 N–H and O–H groups in total. The van der Waals surface area contributed by atoms with Crippen LogP contribution in [0.3, 0.4) is 0 Å². The molecule has 3 heteroatoms. The molecular formula is C10H18BrNO. The number of hydrogen-bond acceptors (Lipinski definition) is 2. The van der Waals surface area contributed by atoms with E-state index in [-0.39, 0.29) is 12.1 Å². The van der Waals surface area contributed by atoms with Gasteiger partial charge in [-0.25, -0.2) is 0 Å². The minimum absolute atomic E-state index is 0.0328. The van der Waals surface area contributed by atoms with Gasteiger partial charge in [-0.2, -0.15) is 0 Å². The van der Waals surface area contributed by atoms with Gasteiger partial charge in [0.1, 0.15) is 0 Å². The predicted molar refractivity (Wildman–Crippen MR) is 59.0 cm³/mol. The van der Waals surface area contributed by atoms with Gasteiger partial charge in [-0.3, -0.25) is 0 Å². The van der Waals surface area contributed by atoms with Crippen molar-refractivity contribution in [3.63, 3.8) is 0 Å². The highest BCUT2D eigenvalue weighted by Gasteiger charge is 2.30. The molecule has 0 heterocycles. The summed E-state index contributed by atoms with van der Waals surface area (Å²) >= 11 is 3.32. The molecule has 0 aromatic rings. The lowest BCUT2D eigenvalue weighted by Gasteiger charge is -2.36. The third kappa shape index (κ3) is 3.41. The van der Waals surface area contributed by atoms with Crippen LogP contribution in [0.2, 0.25) is 0 Å². The van der Waals surface area contributed by atoms with E-state index in [1.165, 1.54) is 19.3 Å². The van der Waals surface area contributed by atoms with Crippen molar-refractivity contribution in [1.29, 1.82) is 0 Å². The van der Waals surface area contributed by atoms with Crippen molar-refractivity contribution in [2.24, 2.45) is 0 Å². The first-order valence-electron chi connectivity index (χ1n) is 4.88. The van der Waals surface area contributed by atoms with Gasteiger partial charge in [-0.1, -0.05) is 41.8 Å². The maximum atomic E-state index is 9.35. The molecule has 0 aromatic heterocycles. The molecule has 0 atom stereocenters. The molecule has 0 amide bonds. The van der Waals surface area contributed by atoms with Crippen molar-refractivity contribution in [3.05, 3.63) is 11.1 Å². The maximum absolute atomic E-state index is 9.35. The second-order valence-corrected chi connectivity index (χ2v) is 4.99. The molecule has 76 valence electrons. The number of aliphatic hydroxyl groups excluding tert-OH is 1. The summed E-state index contributed by atoms with van der Waals surface area (Å²) < 4.78 is 0.950. The molecule has 13 heavy (non-hydrogen) atoms. The minimum Gasteiger partial charge on any atom is -0.394 e. The Kier molecular flexibility index (Phi) is 4.42. The summed E-state index contributed by atoms with van der Waals surface area (Å²) in [6.07, 6.45) is 5.93. The van der Waals surface area contributed by atoms with Gasteiger partial charge in [0, 0.05) is 16.6 Å². The molecular weight excluding hydrogens is 230 g/mol. The number of rotatable bonds is 4. The van der Waals surface area contributed by atoms with Crippen molar-refractivity contribution >= 4 is 15.9 Å². The van der Waals surface area contributed by atoms with Crippen LogP contribution in [0.5, 0.6) is 0 Å². The zero-order valence-corrected chi connectivity index (χ0v) is 9.57. The molecule has 0 saturated heterocycles. The average molecular weight is 248 g/mol. The summed E-state index contributed by atoms with van der Waals surface area (Å²) in [7, 11) is 0. The van der Waals surface area contributed by atoms with Gasteiger partial charge >= 0.3 is 0 Å². The molecule has 0 unspecified atom stereocenters. The largest absolute Gasteiger partial charge is 0.394 e. The molecule has 0 spiro atoms. The quantitative estimate of drug-likeness (QED) is 0.799. The standard InChI is InChI=1S/C10H18BrNO/c1-9(11)7-12-10(8-13)5-3-2-4-6-10/h12-13H,1-8H2. The molecule has 1 fully saturated rings. The van der Waals surface area contributed by atoms with Gasteiger partial charge in [0.15, 0.2) is 0 Å². The van der Waals surface area contributed by atoms with E-state index in [1.54, 1.807) is 0 Å². The SMILES string of the molecule is C=C(Br)CNC1(CO)CCCCC1. The van der Waals surface area contributed by atoms with Crippen molar-refractivity contribution in [2.75, 3.05) is 13.2 Å². The van der Waals surface area contributed by atoms with Gasteiger partial charge in [-0.05, 0) is 12.8 Å². The fraction of sp³-hybridized carbons (Fsp3) is 0.800. The maximum Gasteiger partial charge on any atom is 0.0613 e. The van der Waals surface area contributed by atoms with E-state index in [1.807, 2.05) is 0 Å². The van der Waals surface area contributed by atoms with E-state index in [4.69, 9.17) is 0 Å². The van der Waals surface area contributed by atoms with Gasteiger partial charge in [0.2, 0.25) is 0 Å². The van der Waals surface area contributed by atoms with E-state index in [0.717, 1.165) is 23.9 Å². The lowest BCUT2D eigenvalue weighted by molar-refractivity contribution is 0.125. The topological polar surface area (TPSA) is 32.3 Å². The van der Waals surface area contributed by atoms with Gasteiger partial charge in [0.05, 0.1) is 6.61 Å². The molecule has 1 rings (SSSR count). The summed E-state index contributed by atoms with van der Waals surface area (Å²) in [5.41, 5.74) is -0.0328. The molecule has 1 aliphatic rings. The first kappa shape index (κ1) is 11.2. The smallest absolute Gasteiger partial charge is 0.0613 e. The van der Waals surface area contributed by atoms with Crippen molar-refractivity contribution in [3.8, 4) is 0 Å². The van der Waals surface area contributed by atoms with Crippen LogP contribution in [0, 0.1) is 0 Å². The normalized spacial score (nSPS) is 21.4. The van der Waals surface area contributed by atoms with Crippen molar-refractivity contribution in [1.82, 2.24) is 5.32 Å². The summed E-state index contributed by atoms with van der Waals surface area (Å²) in [6, 6.07) is 0. The second kappa shape index (κ2) is 5.13. The molecule has 2 nitrogen and oxygen atoms in total. The van der Waals surface area contributed by atoms with E-state index in [2.05, 4.69) is 27.8 Å². The van der Waals surface area contributed by atoms with E-state index in [9.17, 15) is 5.11 Å². The zero-order chi connectivity index (χ0) is 9.73. The van der Waals surface area contributed by atoms with Gasteiger partial charge in [0.25, 0.3) is 0 Å². The molecule has 0 radical (unpaired) electrons. The van der Waals surface area contributed by atoms with Crippen LogP contribution in [0.15, 0.2) is 11.1 Å². The van der Waals surface area contributed by atoms with Crippen LogP contribution in [0.4, 0.5) is 0 Å². The Balaban J connectivity index is 2.42. The van der Waals surface area contributed by atoms with Crippen LogP contribution < -0.4 is 5.32 Å². The van der Waals surface area contributed by atoms with E-state index < -0.39 is 0 Å². The third-order valence-electron chi connectivity index (χ3n) is 2.77. The summed E-state index contributed by atoms with van der Waals surface area (Å²) in [5.74, 6) is 0. The first-order chi connectivity index (χ1) is 6.18. The second-order valence-electron chi connectivity index (χ2n) is 3.87. The lowest BCUT2D eigenvalue weighted by atomic mass is 9.82. The van der Waals surface area contributed by atoms with E-state index in [0.29, 0.717) is 0 Å². The summed E-state index contributed by atoms with van der Waals surface area (Å²) in [4.78, 5) is 0. The van der Waals surface area contributed by atoms with Crippen LogP contribution in [0.1, 0.15) is 32.1 Å². The lowest BCUT2D eigenvalue weighted by Crippen LogP contribution is -2.50. The summed E-state index contributed by atoms with van der Waals surface area (Å²) in [5, 5.41) is 12.7. The minimum atomic E-state index is -0.0328. The number of aliphatic hydroxyl groups is 1. The Bertz CT molecular complexity index is 176. The number of halogens is 1. The monoisotopic (exact) mass is 247 g/mol. The Labute approximate surface area is 88.5 Å². The highest BCUT2D eigenvalue weighted by Crippen LogP contribution is 2.27. The predicted octanol–water partition coefficient (Wildman–Crippen LogP) is 2.18. The number of hydrogen-bond donors (Lipinski definition) is 2. The molecule has 1 saturated carbocycles. The first-order valence-corrected chi connectivity index (χ1v) is 5.67.